The molecule has 1 aliphatic heterocycles. The Bertz CT molecular complexity index is 987. The molecule has 0 aliphatic carbocycles. The van der Waals surface area contributed by atoms with Crippen molar-refractivity contribution in [2.45, 2.75) is 11.8 Å². The molecular weight excluding hydrogens is 399 g/mol. The van der Waals surface area contributed by atoms with Crippen LogP contribution < -0.4 is 5.32 Å². The molecule has 1 N–H and O–H groups in total. The molecule has 1 amide bonds. The third kappa shape index (κ3) is 3.84. The Morgan fingerprint density at radius 3 is 2.59 bits per heavy atom. The Kier molecular flexibility index (Phi) is 5.52. The number of hydrogen-bond donors (Lipinski definition) is 1. The molecule has 0 saturated carbocycles. The van der Waals surface area contributed by atoms with Gasteiger partial charge in [0.25, 0.3) is 5.91 Å². The van der Waals surface area contributed by atoms with E-state index >= 15 is 0 Å². The molecule has 1 saturated heterocycles. The molecule has 0 spiro atoms. The first kappa shape index (κ1) is 19.7. The Morgan fingerprint density at radius 1 is 1.33 bits per heavy atom. The van der Waals surface area contributed by atoms with Crippen LogP contribution >= 0.6 is 11.6 Å². The zero-order valence-corrected chi connectivity index (χ0v) is 16.3. The first-order chi connectivity index (χ1) is 12.7. The fourth-order valence-corrected chi connectivity index (χ4v) is 4.55. The molecule has 1 aromatic carbocycles. The number of carbonyl (C=O) groups excluding carboxylic acids is 1. The van der Waals surface area contributed by atoms with Crippen molar-refractivity contribution >= 4 is 33.2 Å². The highest BCUT2D eigenvalue weighted by Crippen LogP contribution is 2.25. The maximum absolute atomic E-state index is 14.2. The number of aromatic nitrogens is 2. The normalized spacial score (nSPS) is 15.7. The average molecular weight is 417 g/mol. The first-order valence-electron chi connectivity index (χ1n) is 8.09. The highest BCUT2D eigenvalue weighted by molar-refractivity contribution is 7.89. The zero-order valence-electron chi connectivity index (χ0n) is 14.7. The van der Waals surface area contributed by atoms with Crippen LogP contribution in [0.4, 0.5) is 10.1 Å². The standard InChI is InChI=1S/C16H18ClFN4O4S/c1-10-14(15(17)21(2)20-10)16(23)19-11-3-4-12(18)13(9-11)27(24,25)22-5-7-26-8-6-22/h3-4,9H,5-8H2,1-2H3,(H,19,23). The molecule has 146 valence electrons. The predicted octanol–water partition coefficient (Wildman–Crippen LogP) is 1.79. The van der Waals surface area contributed by atoms with Gasteiger partial charge in [0.2, 0.25) is 10.0 Å². The van der Waals surface area contributed by atoms with Crippen molar-refractivity contribution in [3.05, 3.63) is 40.4 Å². The largest absolute Gasteiger partial charge is 0.379 e. The van der Waals surface area contributed by atoms with Gasteiger partial charge in [-0.15, -0.1) is 0 Å². The van der Waals surface area contributed by atoms with Gasteiger partial charge in [0, 0.05) is 25.8 Å². The molecular formula is C16H18ClFN4O4S. The number of nitrogens with zero attached hydrogens (tertiary/aromatic N) is 3. The van der Waals surface area contributed by atoms with E-state index in [4.69, 9.17) is 16.3 Å². The second-order valence-corrected chi connectivity index (χ2v) is 8.25. The summed E-state index contributed by atoms with van der Waals surface area (Å²) in [5.74, 6) is -1.46. The van der Waals surface area contributed by atoms with E-state index in [2.05, 4.69) is 10.4 Å². The summed E-state index contributed by atoms with van der Waals surface area (Å²) in [6, 6.07) is 3.38. The summed E-state index contributed by atoms with van der Waals surface area (Å²) in [5.41, 5.74) is 0.719. The predicted molar refractivity (Wildman–Crippen MR) is 96.9 cm³/mol. The smallest absolute Gasteiger partial charge is 0.260 e. The fourth-order valence-electron chi connectivity index (χ4n) is 2.79. The molecule has 0 atom stereocenters. The quantitative estimate of drug-likeness (QED) is 0.820. The van der Waals surface area contributed by atoms with Gasteiger partial charge in [-0.3, -0.25) is 9.48 Å². The van der Waals surface area contributed by atoms with E-state index < -0.39 is 26.6 Å². The molecule has 11 heteroatoms. The molecule has 1 fully saturated rings. The van der Waals surface area contributed by atoms with Crippen LogP contribution in [0.2, 0.25) is 5.15 Å². The molecule has 8 nitrogen and oxygen atoms in total. The number of morpholine rings is 1. The zero-order chi connectivity index (χ0) is 19.8. The second kappa shape index (κ2) is 7.55. The second-order valence-electron chi connectivity index (χ2n) is 5.99. The van der Waals surface area contributed by atoms with Gasteiger partial charge in [0.05, 0.1) is 24.5 Å². The van der Waals surface area contributed by atoms with E-state index in [1.54, 1.807) is 14.0 Å². The number of anilines is 1. The van der Waals surface area contributed by atoms with Gasteiger partial charge >= 0.3 is 0 Å². The van der Waals surface area contributed by atoms with Crippen LogP contribution in [0.3, 0.4) is 0 Å². The molecule has 0 radical (unpaired) electrons. The van der Waals surface area contributed by atoms with Gasteiger partial charge in [0.1, 0.15) is 15.9 Å². The Labute approximate surface area is 160 Å². The molecule has 2 aromatic rings. The molecule has 2 heterocycles. The Morgan fingerprint density at radius 2 is 2.00 bits per heavy atom. The number of halogens is 2. The summed E-state index contributed by atoms with van der Waals surface area (Å²) in [5, 5.41) is 6.75. The van der Waals surface area contributed by atoms with Gasteiger partial charge in [-0.05, 0) is 25.1 Å². The summed E-state index contributed by atoms with van der Waals surface area (Å²) in [4.78, 5) is 12.0. The summed E-state index contributed by atoms with van der Waals surface area (Å²) in [7, 11) is -2.45. The highest BCUT2D eigenvalue weighted by atomic mass is 35.5. The maximum Gasteiger partial charge on any atom is 0.260 e. The lowest BCUT2D eigenvalue weighted by molar-refractivity contribution is 0.0729. The third-order valence-electron chi connectivity index (χ3n) is 4.16. The van der Waals surface area contributed by atoms with Crippen molar-refractivity contribution in [2.24, 2.45) is 7.05 Å². The lowest BCUT2D eigenvalue weighted by atomic mass is 10.2. The number of benzene rings is 1. The molecule has 27 heavy (non-hydrogen) atoms. The third-order valence-corrected chi connectivity index (χ3v) is 6.50. The number of nitrogens with one attached hydrogen (secondary N) is 1. The lowest BCUT2D eigenvalue weighted by Crippen LogP contribution is -2.40. The van der Waals surface area contributed by atoms with E-state index in [9.17, 15) is 17.6 Å². The van der Waals surface area contributed by atoms with Crippen molar-refractivity contribution in [1.29, 1.82) is 0 Å². The minimum absolute atomic E-state index is 0.132. The molecule has 1 aliphatic rings. The number of amides is 1. The van der Waals surface area contributed by atoms with Crippen molar-refractivity contribution in [3.8, 4) is 0 Å². The number of rotatable bonds is 4. The van der Waals surface area contributed by atoms with Crippen LogP contribution in [0.1, 0.15) is 16.1 Å². The van der Waals surface area contributed by atoms with Crippen molar-refractivity contribution < 1.29 is 22.3 Å². The van der Waals surface area contributed by atoms with Crippen LogP contribution in [0.25, 0.3) is 0 Å². The minimum atomic E-state index is -4.04. The van der Waals surface area contributed by atoms with E-state index in [1.807, 2.05) is 0 Å². The van der Waals surface area contributed by atoms with Crippen molar-refractivity contribution in [2.75, 3.05) is 31.6 Å². The first-order valence-corrected chi connectivity index (χ1v) is 9.91. The topological polar surface area (TPSA) is 93.5 Å². The van der Waals surface area contributed by atoms with E-state index in [0.717, 1.165) is 16.4 Å². The monoisotopic (exact) mass is 416 g/mol. The van der Waals surface area contributed by atoms with Crippen LogP contribution in [0.5, 0.6) is 0 Å². The Hall–Kier alpha value is -2.01. The van der Waals surface area contributed by atoms with E-state index in [1.165, 1.54) is 10.7 Å². The number of sulfonamides is 1. The van der Waals surface area contributed by atoms with Gasteiger partial charge in [-0.25, -0.2) is 12.8 Å². The molecule has 0 bridgehead atoms. The van der Waals surface area contributed by atoms with Crippen LogP contribution in [0, 0.1) is 12.7 Å². The number of ether oxygens (including phenoxy) is 1. The summed E-state index contributed by atoms with van der Waals surface area (Å²) >= 11 is 6.07. The summed E-state index contributed by atoms with van der Waals surface area (Å²) in [6.45, 7) is 2.40. The van der Waals surface area contributed by atoms with E-state index in [0.29, 0.717) is 5.69 Å². The van der Waals surface area contributed by atoms with Gasteiger partial charge in [-0.1, -0.05) is 11.6 Å². The number of aryl methyl sites for hydroxylation is 2. The maximum atomic E-state index is 14.2. The Balaban J connectivity index is 1.90. The molecule has 1 aromatic heterocycles. The van der Waals surface area contributed by atoms with E-state index in [-0.39, 0.29) is 42.7 Å². The highest BCUT2D eigenvalue weighted by Gasteiger charge is 2.29. The summed E-state index contributed by atoms with van der Waals surface area (Å²) < 4.78 is 47.3. The average Bonchev–Trinajstić information content (AvgIpc) is 2.89. The molecule has 0 unspecified atom stereocenters. The molecule has 3 rings (SSSR count). The summed E-state index contributed by atoms with van der Waals surface area (Å²) in [6.07, 6.45) is 0. The van der Waals surface area contributed by atoms with Crippen molar-refractivity contribution in [1.82, 2.24) is 14.1 Å². The SMILES string of the molecule is Cc1nn(C)c(Cl)c1C(=O)Nc1ccc(F)c(S(=O)(=O)N2CCOCC2)c1. The van der Waals surface area contributed by atoms with Crippen LogP contribution in [-0.2, 0) is 21.8 Å². The fraction of sp³-hybridized carbons (Fsp3) is 0.375. The van der Waals surface area contributed by atoms with Crippen LogP contribution in [0.15, 0.2) is 23.1 Å². The van der Waals surface area contributed by atoms with Gasteiger partial charge in [-0.2, -0.15) is 9.40 Å². The van der Waals surface area contributed by atoms with Crippen molar-refractivity contribution in [3.63, 3.8) is 0 Å². The van der Waals surface area contributed by atoms with Gasteiger partial charge < -0.3 is 10.1 Å². The lowest BCUT2D eigenvalue weighted by Gasteiger charge is -2.26. The minimum Gasteiger partial charge on any atom is -0.379 e. The number of hydrogen-bond acceptors (Lipinski definition) is 5. The van der Waals surface area contributed by atoms with Gasteiger partial charge in [0.15, 0.2) is 0 Å². The number of carbonyl (C=O) groups is 1. The van der Waals surface area contributed by atoms with Crippen LogP contribution in [-0.4, -0.2) is 54.7 Å².